The van der Waals surface area contributed by atoms with Gasteiger partial charge in [-0.2, -0.15) is 0 Å². The molecule has 1 unspecified atom stereocenters. The van der Waals surface area contributed by atoms with Crippen molar-refractivity contribution in [3.8, 4) is 5.75 Å². The average Bonchev–Trinajstić information content (AvgIpc) is 3.71. The lowest BCUT2D eigenvalue weighted by molar-refractivity contribution is -0.115. The van der Waals surface area contributed by atoms with E-state index in [9.17, 15) is 4.79 Å². The van der Waals surface area contributed by atoms with Crippen molar-refractivity contribution in [2.24, 2.45) is 5.92 Å². The number of anilines is 1. The van der Waals surface area contributed by atoms with E-state index in [1.807, 2.05) is 42.5 Å². The first-order valence-electron chi connectivity index (χ1n) is 12.8. The Hall–Kier alpha value is -3.75. The Labute approximate surface area is 216 Å². The number of nitrogens with zero attached hydrogens (tertiary/aromatic N) is 2. The van der Waals surface area contributed by atoms with E-state index in [2.05, 4.69) is 15.2 Å². The van der Waals surface area contributed by atoms with Crippen LogP contribution < -0.4 is 15.8 Å². The van der Waals surface area contributed by atoms with Crippen molar-refractivity contribution in [3.05, 3.63) is 89.2 Å². The largest absolute Gasteiger partial charge is 0.488 e. The molecule has 1 atom stereocenters. The normalized spacial score (nSPS) is 18.9. The molecule has 2 aromatic carbocycles. The molecule has 2 saturated heterocycles. The Morgan fingerprint density at radius 1 is 1.08 bits per heavy atom. The number of likely N-dealkylation sites (tertiary alicyclic amines) is 1. The van der Waals surface area contributed by atoms with Crippen LogP contribution in [-0.4, -0.2) is 60.0 Å². The van der Waals surface area contributed by atoms with Gasteiger partial charge in [-0.3, -0.25) is 20.1 Å². The molecule has 0 radical (unpaired) electrons. The second-order valence-corrected chi connectivity index (χ2v) is 10.1. The summed E-state index contributed by atoms with van der Waals surface area (Å²) < 4.78 is 11.3. The summed E-state index contributed by atoms with van der Waals surface area (Å²) in [5, 5.41) is 11.9. The second-order valence-electron chi connectivity index (χ2n) is 10.1. The predicted molar refractivity (Wildman–Crippen MR) is 141 cm³/mol. The van der Waals surface area contributed by atoms with Crippen LogP contribution >= 0.6 is 0 Å². The highest BCUT2D eigenvalue weighted by Gasteiger charge is 2.37. The zero-order valence-corrected chi connectivity index (χ0v) is 20.6. The molecule has 1 aliphatic carbocycles. The molecule has 6 rings (SSSR count). The molecule has 3 aliphatic rings. The molecular weight excluding hydrogens is 466 g/mol. The van der Waals surface area contributed by atoms with E-state index in [-0.39, 0.29) is 23.8 Å². The topological polar surface area (TPSA) is 114 Å². The number of carbonyl (C=O) groups is 1. The zero-order chi connectivity index (χ0) is 25.4. The molecule has 1 amide bonds. The van der Waals surface area contributed by atoms with Crippen LogP contribution in [0.5, 0.6) is 5.75 Å². The maximum absolute atomic E-state index is 13.2. The van der Waals surface area contributed by atoms with Crippen LogP contribution in [0, 0.1) is 11.3 Å². The third-order valence-corrected chi connectivity index (χ3v) is 7.43. The molecule has 1 saturated carbocycles. The standard InChI is InChI=1S/C29H31N5O3/c30-25-11-8-20(29(35)33-28(19-4-5-19)26-3-1-2-12-32-26)13-24(25)27(31)18-6-9-22(10-7-18)37-23-14-34(15-23)21-16-36-17-21/h1-3,6-13,19,21,23,28,31H,4-5,14-17,30H2,(H,33,35). The second kappa shape index (κ2) is 9.95. The minimum absolute atomic E-state index is 0.119. The van der Waals surface area contributed by atoms with Crippen LogP contribution in [-0.2, 0) is 4.74 Å². The first kappa shape index (κ1) is 23.6. The quantitative estimate of drug-likeness (QED) is 0.308. The van der Waals surface area contributed by atoms with Crippen LogP contribution in [0.25, 0.3) is 0 Å². The van der Waals surface area contributed by atoms with Crippen molar-refractivity contribution in [1.29, 1.82) is 5.41 Å². The molecule has 8 heteroatoms. The van der Waals surface area contributed by atoms with Crippen molar-refractivity contribution in [1.82, 2.24) is 15.2 Å². The Balaban J connectivity index is 1.12. The number of hydrogen-bond donors (Lipinski definition) is 3. The third-order valence-electron chi connectivity index (χ3n) is 7.43. The van der Waals surface area contributed by atoms with E-state index >= 15 is 0 Å². The average molecular weight is 498 g/mol. The Bertz CT molecular complexity index is 1280. The molecule has 3 heterocycles. The SMILES string of the molecule is N=C(c1ccc(OC2CN(C3COC3)C2)cc1)c1cc(C(=O)NC(c2ccccn2)C2CC2)ccc1N. The number of hydrogen-bond acceptors (Lipinski definition) is 7. The Morgan fingerprint density at radius 3 is 2.49 bits per heavy atom. The van der Waals surface area contributed by atoms with Crippen LogP contribution in [0.2, 0.25) is 0 Å². The number of carbonyl (C=O) groups excluding carboxylic acids is 1. The van der Waals surface area contributed by atoms with Gasteiger partial charge in [-0.25, -0.2) is 0 Å². The number of rotatable bonds is 9. The minimum atomic E-state index is -0.191. The smallest absolute Gasteiger partial charge is 0.251 e. The van der Waals surface area contributed by atoms with Gasteiger partial charge in [-0.05, 0) is 73.4 Å². The molecule has 3 aromatic rings. The van der Waals surface area contributed by atoms with Crippen molar-refractivity contribution in [2.75, 3.05) is 32.0 Å². The summed E-state index contributed by atoms with van der Waals surface area (Å²) in [7, 11) is 0. The molecule has 190 valence electrons. The van der Waals surface area contributed by atoms with Gasteiger partial charge in [-0.15, -0.1) is 0 Å². The summed E-state index contributed by atoms with van der Waals surface area (Å²) in [5.41, 5.74) is 9.54. The molecule has 37 heavy (non-hydrogen) atoms. The molecule has 0 spiro atoms. The number of pyridine rings is 1. The fraction of sp³-hybridized carbons (Fsp3) is 0.345. The van der Waals surface area contributed by atoms with E-state index in [0.717, 1.165) is 50.6 Å². The Kier molecular flexibility index (Phi) is 6.36. The van der Waals surface area contributed by atoms with Gasteiger partial charge in [0.15, 0.2) is 0 Å². The molecule has 4 N–H and O–H groups in total. The van der Waals surface area contributed by atoms with E-state index in [1.54, 1.807) is 24.4 Å². The molecule has 0 bridgehead atoms. The van der Waals surface area contributed by atoms with Crippen LogP contribution in [0.1, 0.15) is 46.1 Å². The summed E-state index contributed by atoms with van der Waals surface area (Å²) in [6, 6.07) is 18.8. The number of ether oxygens (including phenoxy) is 2. The highest BCUT2D eigenvalue weighted by molar-refractivity contribution is 6.14. The lowest BCUT2D eigenvalue weighted by atomic mass is 9.98. The van der Waals surface area contributed by atoms with Gasteiger partial charge in [0.05, 0.1) is 36.7 Å². The molecule has 2 aliphatic heterocycles. The van der Waals surface area contributed by atoms with Gasteiger partial charge in [0, 0.05) is 41.7 Å². The number of nitrogen functional groups attached to an aromatic ring is 1. The number of benzene rings is 2. The first-order chi connectivity index (χ1) is 18.0. The summed E-state index contributed by atoms with van der Waals surface area (Å²) in [5.74, 6) is 0.998. The van der Waals surface area contributed by atoms with Crippen LogP contribution in [0.4, 0.5) is 5.69 Å². The van der Waals surface area contributed by atoms with E-state index in [1.165, 1.54) is 0 Å². The zero-order valence-electron chi connectivity index (χ0n) is 20.6. The highest BCUT2D eigenvalue weighted by atomic mass is 16.5. The van der Waals surface area contributed by atoms with Gasteiger partial charge < -0.3 is 20.5 Å². The van der Waals surface area contributed by atoms with Crippen molar-refractivity contribution < 1.29 is 14.3 Å². The molecule has 3 fully saturated rings. The molecule has 8 nitrogen and oxygen atoms in total. The van der Waals surface area contributed by atoms with Crippen molar-refractivity contribution in [2.45, 2.75) is 31.0 Å². The van der Waals surface area contributed by atoms with E-state index in [0.29, 0.717) is 34.3 Å². The number of nitrogens with one attached hydrogen (secondary N) is 2. The van der Waals surface area contributed by atoms with Gasteiger partial charge in [0.25, 0.3) is 5.91 Å². The summed E-state index contributed by atoms with van der Waals surface area (Å²) in [6.45, 7) is 3.47. The van der Waals surface area contributed by atoms with Crippen LogP contribution in [0.15, 0.2) is 66.9 Å². The number of aromatic nitrogens is 1. The number of nitrogens with two attached hydrogens (primary N) is 1. The van der Waals surface area contributed by atoms with E-state index in [4.69, 9.17) is 20.6 Å². The van der Waals surface area contributed by atoms with Crippen molar-refractivity contribution in [3.63, 3.8) is 0 Å². The van der Waals surface area contributed by atoms with E-state index < -0.39 is 0 Å². The maximum atomic E-state index is 13.2. The van der Waals surface area contributed by atoms with Gasteiger partial charge >= 0.3 is 0 Å². The fourth-order valence-corrected chi connectivity index (χ4v) is 4.89. The van der Waals surface area contributed by atoms with Crippen LogP contribution in [0.3, 0.4) is 0 Å². The predicted octanol–water partition coefficient (Wildman–Crippen LogP) is 3.42. The van der Waals surface area contributed by atoms with Gasteiger partial charge in [0.1, 0.15) is 11.9 Å². The molecule has 1 aromatic heterocycles. The molecular formula is C29H31N5O3. The maximum Gasteiger partial charge on any atom is 0.251 e. The first-order valence-corrected chi connectivity index (χ1v) is 12.8. The lowest BCUT2D eigenvalue weighted by Gasteiger charge is -2.46. The monoisotopic (exact) mass is 497 g/mol. The highest BCUT2D eigenvalue weighted by Crippen LogP contribution is 2.40. The lowest BCUT2D eigenvalue weighted by Crippen LogP contribution is -2.62. The fourth-order valence-electron chi connectivity index (χ4n) is 4.89. The van der Waals surface area contributed by atoms with Crippen molar-refractivity contribution >= 4 is 17.3 Å². The van der Waals surface area contributed by atoms with Gasteiger partial charge in [-0.1, -0.05) is 6.07 Å². The summed E-state index contributed by atoms with van der Waals surface area (Å²) in [4.78, 5) is 20.0. The van der Waals surface area contributed by atoms with Gasteiger partial charge in [0.2, 0.25) is 0 Å². The number of amides is 1. The Morgan fingerprint density at radius 2 is 1.84 bits per heavy atom. The third kappa shape index (κ3) is 5.08. The minimum Gasteiger partial charge on any atom is -0.488 e. The summed E-state index contributed by atoms with van der Waals surface area (Å²) >= 11 is 0. The summed E-state index contributed by atoms with van der Waals surface area (Å²) in [6.07, 6.45) is 4.09.